The van der Waals surface area contributed by atoms with Gasteiger partial charge in [0, 0.05) is 6.04 Å². The Morgan fingerprint density at radius 3 is 2.86 bits per heavy atom. The van der Waals surface area contributed by atoms with E-state index in [0.29, 0.717) is 28.8 Å². The smallest absolute Gasteiger partial charge is 0.209 e. The van der Waals surface area contributed by atoms with Crippen molar-refractivity contribution in [2.24, 2.45) is 0 Å². The zero-order valence-corrected chi connectivity index (χ0v) is 18.6. The average molecular weight is 443 g/mol. The maximum atomic E-state index is 11.9. The first-order chi connectivity index (χ1) is 13.4. The molecule has 0 aliphatic carbocycles. The summed E-state index contributed by atoms with van der Waals surface area (Å²) in [5.74, 6) is 1.25. The van der Waals surface area contributed by atoms with Gasteiger partial charge in [-0.1, -0.05) is 30.4 Å². The molecule has 0 spiro atoms. The minimum atomic E-state index is -2.93. The van der Waals surface area contributed by atoms with Crippen molar-refractivity contribution in [2.75, 3.05) is 30.0 Å². The van der Waals surface area contributed by atoms with Crippen LogP contribution in [0.15, 0.2) is 24.3 Å². The molecule has 3 rings (SSSR count). The molecule has 2 heterocycles. The van der Waals surface area contributed by atoms with Gasteiger partial charge in [-0.05, 0) is 50.7 Å². The lowest BCUT2D eigenvalue weighted by molar-refractivity contribution is 0.156. The number of para-hydroxylation sites is 2. The van der Waals surface area contributed by atoms with Crippen LogP contribution in [0.25, 0.3) is 0 Å². The largest absolute Gasteiger partial charge is 0.492 e. The molecule has 154 valence electrons. The zero-order valence-electron chi connectivity index (χ0n) is 16.1. The Morgan fingerprint density at radius 1 is 1.39 bits per heavy atom. The van der Waals surface area contributed by atoms with E-state index < -0.39 is 9.84 Å². The number of anilines is 2. The van der Waals surface area contributed by atoms with Crippen LogP contribution in [0.2, 0.25) is 0 Å². The van der Waals surface area contributed by atoms with Crippen LogP contribution in [0.1, 0.15) is 26.7 Å². The van der Waals surface area contributed by atoms with Gasteiger partial charge in [-0.15, -0.1) is 5.10 Å². The standard InChI is InChI=1S/C18H26N4O3S3/c1-3-10-21(14-9-11-28(23,24)12-14)13-22-18(26)27-17(20-22)19-15-7-5-6-8-16(15)25-4-2/h5-8,14H,3-4,9-13H2,1-2H3,(H,19,20). The molecule has 1 N–H and O–H groups in total. The summed E-state index contributed by atoms with van der Waals surface area (Å²) in [5.41, 5.74) is 0.840. The number of ether oxygens (including phenoxy) is 1. The third kappa shape index (κ3) is 5.31. The number of hydrogen-bond donors (Lipinski definition) is 1. The fourth-order valence-corrected chi connectivity index (χ4v) is 6.07. The molecule has 1 aliphatic rings. The molecule has 0 radical (unpaired) electrons. The molecule has 0 saturated carbocycles. The monoisotopic (exact) mass is 442 g/mol. The second-order valence-corrected chi connectivity index (χ2v) is 10.6. The van der Waals surface area contributed by atoms with Crippen LogP contribution < -0.4 is 10.1 Å². The van der Waals surface area contributed by atoms with Gasteiger partial charge in [-0.3, -0.25) is 4.90 Å². The highest BCUT2D eigenvalue weighted by Gasteiger charge is 2.32. The second kappa shape index (κ2) is 9.34. The second-order valence-electron chi connectivity index (χ2n) is 6.74. The predicted octanol–water partition coefficient (Wildman–Crippen LogP) is 3.67. The Bertz CT molecular complexity index is 955. The van der Waals surface area contributed by atoms with E-state index in [4.69, 9.17) is 17.0 Å². The molecule has 10 heteroatoms. The van der Waals surface area contributed by atoms with E-state index in [0.717, 1.165) is 24.4 Å². The maximum absolute atomic E-state index is 11.9. The Kier molecular flexibility index (Phi) is 7.08. The number of nitrogens with zero attached hydrogens (tertiary/aromatic N) is 3. The molecule has 0 bridgehead atoms. The summed E-state index contributed by atoms with van der Waals surface area (Å²) >= 11 is 6.89. The van der Waals surface area contributed by atoms with Gasteiger partial charge >= 0.3 is 0 Å². The van der Waals surface area contributed by atoms with Gasteiger partial charge in [0.2, 0.25) is 5.13 Å². The van der Waals surface area contributed by atoms with E-state index in [1.54, 1.807) is 4.68 Å². The quantitative estimate of drug-likeness (QED) is 0.594. The lowest BCUT2D eigenvalue weighted by atomic mass is 10.2. The molecule has 28 heavy (non-hydrogen) atoms. The van der Waals surface area contributed by atoms with Gasteiger partial charge in [0.15, 0.2) is 13.8 Å². The fraction of sp³-hybridized carbons (Fsp3) is 0.556. The Balaban J connectivity index is 1.75. The maximum Gasteiger partial charge on any atom is 0.209 e. The molecule has 1 saturated heterocycles. The Morgan fingerprint density at radius 2 is 2.18 bits per heavy atom. The minimum absolute atomic E-state index is 0.0311. The van der Waals surface area contributed by atoms with Gasteiger partial charge in [0.25, 0.3) is 0 Å². The number of sulfone groups is 1. The number of aromatic nitrogens is 2. The fourth-order valence-electron chi connectivity index (χ4n) is 3.30. The molecule has 1 fully saturated rings. The van der Waals surface area contributed by atoms with Crippen molar-refractivity contribution in [1.29, 1.82) is 0 Å². The summed E-state index contributed by atoms with van der Waals surface area (Å²) in [4.78, 5) is 2.18. The van der Waals surface area contributed by atoms with Crippen LogP contribution in [0.4, 0.5) is 10.8 Å². The minimum Gasteiger partial charge on any atom is -0.492 e. The summed E-state index contributed by atoms with van der Waals surface area (Å²) < 4.78 is 31.8. The molecule has 1 aromatic heterocycles. The van der Waals surface area contributed by atoms with Gasteiger partial charge < -0.3 is 10.1 Å². The van der Waals surface area contributed by atoms with Crippen LogP contribution >= 0.6 is 23.6 Å². The number of rotatable bonds is 9. The van der Waals surface area contributed by atoms with Crippen molar-refractivity contribution in [3.63, 3.8) is 0 Å². The molecule has 2 aromatic rings. The molecular formula is C18H26N4O3S3. The lowest BCUT2D eigenvalue weighted by Gasteiger charge is -2.27. The number of nitrogens with one attached hydrogen (secondary N) is 1. The van der Waals surface area contributed by atoms with E-state index in [1.165, 1.54) is 11.3 Å². The van der Waals surface area contributed by atoms with Crippen molar-refractivity contribution in [3.05, 3.63) is 28.2 Å². The first kappa shape index (κ1) is 21.2. The third-order valence-corrected chi connectivity index (χ3v) is 7.56. The predicted molar refractivity (Wildman–Crippen MR) is 116 cm³/mol. The zero-order chi connectivity index (χ0) is 20.1. The first-order valence-electron chi connectivity index (χ1n) is 9.43. The van der Waals surface area contributed by atoms with Crippen LogP contribution in [0.3, 0.4) is 0 Å². The Hall–Kier alpha value is -1.49. The van der Waals surface area contributed by atoms with E-state index in [-0.39, 0.29) is 17.5 Å². The van der Waals surface area contributed by atoms with E-state index in [1.807, 2.05) is 31.2 Å². The summed E-state index contributed by atoms with van der Waals surface area (Å²) in [5, 5.41) is 8.58. The SMILES string of the molecule is CCCN(Cn1nc(Nc2ccccc2OCC)sc1=S)C1CCS(=O)(=O)C1. The molecule has 7 nitrogen and oxygen atoms in total. The van der Waals surface area contributed by atoms with Crippen molar-refractivity contribution in [2.45, 2.75) is 39.4 Å². The molecule has 1 atom stereocenters. The van der Waals surface area contributed by atoms with Gasteiger partial charge in [-0.2, -0.15) is 0 Å². The van der Waals surface area contributed by atoms with Crippen LogP contribution in [0, 0.1) is 3.95 Å². The lowest BCUT2D eigenvalue weighted by Crippen LogP contribution is -2.38. The summed E-state index contributed by atoms with van der Waals surface area (Å²) in [6.45, 7) is 5.93. The highest BCUT2D eigenvalue weighted by molar-refractivity contribution is 7.91. The third-order valence-electron chi connectivity index (χ3n) is 4.59. The van der Waals surface area contributed by atoms with Crippen LogP contribution in [-0.4, -0.2) is 53.8 Å². The summed E-state index contributed by atoms with van der Waals surface area (Å²) in [6, 6.07) is 7.74. The van der Waals surface area contributed by atoms with E-state index in [2.05, 4.69) is 22.2 Å². The Labute approximate surface area is 175 Å². The molecule has 1 aromatic carbocycles. The van der Waals surface area contributed by atoms with Gasteiger partial charge in [0.1, 0.15) is 5.75 Å². The normalized spacial score (nSPS) is 18.5. The van der Waals surface area contributed by atoms with Gasteiger partial charge in [0.05, 0.1) is 30.5 Å². The first-order valence-corrected chi connectivity index (χ1v) is 12.5. The topological polar surface area (TPSA) is 76.5 Å². The average Bonchev–Trinajstić information content (AvgIpc) is 3.18. The molecule has 0 amide bonds. The highest BCUT2D eigenvalue weighted by Crippen LogP contribution is 2.29. The summed E-state index contributed by atoms with van der Waals surface area (Å²) in [6.07, 6.45) is 1.62. The van der Waals surface area contributed by atoms with Gasteiger partial charge in [-0.25, -0.2) is 13.1 Å². The van der Waals surface area contributed by atoms with E-state index in [9.17, 15) is 8.42 Å². The van der Waals surface area contributed by atoms with Crippen molar-refractivity contribution < 1.29 is 13.2 Å². The van der Waals surface area contributed by atoms with Crippen molar-refractivity contribution >= 4 is 44.2 Å². The number of hydrogen-bond acceptors (Lipinski definition) is 8. The highest BCUT2D eigenvalue weighted by atomic mass is 32.2. The van der Waals surface area contributed by atoms with Crippen molar-refractivity contribution in [3.8, 4) is 5.75 Å². The molecule has 1 aliphatic heterocycles. The molecular weight excluding hydrogens is 416 g/mol. The number of benzene rings is 1. The van der Waals surface area contributed by atoms with Crippen molar-refractivity contribution in [1.82, 2.24) is 14.7 Å². The van der Waals surface area contributed by atoms with Crippen LogP contribution in [0.5, 0.6) is 5.75 Å². The summed E-state index contributed by atoms with van der Waals surface area (Å²) in [7, 11) is -2.93. The molecule has 1 unspecified atom stereocenters. The van der Waals surface area contributed by atoms with Crippen LogP contribution in [-0.2, 0) is 16.5 Å². The van der Waals surface area contributed by atoms with E-state index >= 15 is 0 Å².